The second-order valence-electron chi connectivity index (χ2n) is 5.82. The van der Waals surface area contributed by atoms with Gasteiger partial charge in [-0.05, 0) is 36.8 Å². The molecular formula is C19H22ClF3N4O2. The summed E-state index contributed by atoms with van der Waals surface area (Å²) in [5.41, 5.74) is 1.49. The zero-order valence-corrected chi connectivity index (χ0v) is 16.9. The molecular weight excluding hydrogens is 409 g/mol. The number of nitrogens with one attached hydrogen (secondary N) is 1. The van der Waals surface area contributed by atoms with Crippen molar-refractivity contribution in [2.75, 3.05) is 19.4 Å². The normalized spacial score (nSPS) is 11.2. The van der Waals surface area contributed by atoms with Gasteiger partial charge in [0, 0.05) is 30.4 Å². The van der Waals surface area contributed by atoms with Crippen LogP contribution in [0, 0.1) is 0 Å². The number of hydrazine groups is 1. The van der Waals surface area contributed by atoms with Crippen LogP contribution in [0.5, 0.6) is 0 Å². The first-order valence-electron chi connectivity index (χ1n) is 8.32. The van der Waals surface area contributed by atoms with Crippen LogP contribution in [-0.2, 0) is 22.4 Å². The molecule has 0 atom stereocenters. The van der Waals surface area contributed by atoms with Crippen molar-refractivity contribution < 1.29 is 22.8 Å². The number of halogens is 4. The number of hydrogen-bond donors (Lipinski definition) is 2. The Balaban J connectivity index is 0.000000749. The third kappa shape index (κ3) is 8.00. The molecule has 0 aliphatic rings. The average molecular weight is 431 g/mol. The molecule has 2 aromatic rings. The van der Waals surface area contributed by atoms with E-state index in [1.807, 2.05) is 6.07 Å². The number of carbonyl (C=O) groups is 1. The Kier molecular flexibility index (Phi) is 9.43. The van der Waals surface area contributed by atoms with Crippen molar-refractivity contribution in [2.45, 2.75) is 19.7 Å². The van der Waals surface area contributed by atoms with E-state index in [1.54, 1.807) is 32.2 Å². The summed E-state index contributed by atoms with van der Waals surface area (Å²) in [5.74, 6) is 4.76. The molecule has 6 nitrogen and oxygen atoms in total. The summed E-state index contributed by atoms with van der Waals surface area (Å²) in [5, 5.41) is 8.35. The van der Waals surface area contributed by atoms with Crippen molar-refractivity contribution in [2.24, 2.45) is 11.0 Å². The van der Waals surface area contributed by atoms with E-state index in [0.717, 1.165) is 28.4 Å². The monoisotopic (exact) mass is 430 g/mol. The van der Waals surface area contributed by atoms with Gasteiger partial charge in [0.2, 0.25) is 6.41 Å². The van der Waals surface area contributed by atoms with Gasteiger partial charge in [0.15, 0.2) is 0 Å². The minimum atomic E-state index is -4.39. The van der Waals surface area contributed by atoms with Gasteiger partial charge < -0.3 is 10.2 Å². The Morgan fingerprint density at radius 1 is 1.31 bits per heavy atom. The zero-order valence-electron chi connectivity index (χ0n) is 16.1. The fourth-order valence-corrected chi connectivity index (χ4v) is 2.34. The van der Waals surface area contributed by atoms with Crippen molar-refractivity contribution in [1.82, 2.24) is 5.01 Å². The Hall–Kier alpha value is -2.78. The molecule has 3 N–H and O–H groups in total. The van der Waals surface area contributed by atoms with Gasteiger partial charge in [0.05, 0.1) is 11.3 Å². The summed E-state index contributed by atoms with van der Waals surface area (Å²) in [6.45, 7) is 1.69. The number of nitrogens with two attached hydrogens (primary N) is 1. The van der Waals surface area contributed by atoms with Crippen molar-refractivity contribution >= 4 is 29.4 Å². The van der Waals surface area contributed by atoms with E-state index >= 15 is 0 Å². The number of benzene rings is 2. The lowest BCUT2D eigenvalue weighted by Crippen LogP contribution is -2.23. The van der Waals surface area contributed by atoms with E-state index in [-0.39, 0.29) is 6.61 Å². The van der Waals surface area contributed by atoms with Gasteiger partial charge in [-0.3, -0.25) is 9.80 Å². The highest BCUT2D eigenvalue weighted by Gasteiger charge is 2.30. The number of alkyl halides is 3. The molecule has 158 valence electrons. The molecule has 0 aliphatic heterocycles. The predicted molar refractivity (Wildman–Crippen MR) is 107 cm³/mol. The highest BCUT2D eigenvalue weighted by Crippen LogP contribution is 2.30. The SMILES string of the molecule is CN(N)C=O.CNc1cccc(Cl)c1CON=C(C)c1cccc(C(F)(F)F)c1. The number of carbonyl (C=O) groups excluding carboxylic acids is 1. The van der Waals surface area contributed by atoms with Gasteiger partial charge in [0.25, 0.3) is 0 Å². The quantitative estimate of drug-likeness (QED) is 0.235. The average Bonchev–Trinajstić information content (AvgIpc) is 2.68. The molecule has 0 heterocycles. The lowest BCUT2D eigenvalue weighted by Gasteiger charge is -2.11. The number of rotatable bonds is 6. The van der Waals surface area contributed by atoms with Gasteiger partial charge in [-0.2, -0.15) is 13.2 Å². The van der Waals surface area contributed by atoms with Gasteiger partial charge >= 0.3 is 6.18 Å². The predicted octanol–water partition coefficient (Wildman–Crippen LogP) is 4.29. The molecule has 0 fully saturated rings. The molecule has 29 heavy (non-hydrogen) atoms. The third-order valence-electron chi connectivity index (χ3n) is 3.57. The maximum atomic E-state index is 12.7. The number of nitrogens with zero attached hydrogens (tertiary/aromatic N) is 2. The van der Waals surface area contributed by atoms with Crippen LogP contribution < -0.4 is 11.2 Å². The molecule has 2 aromatic carbocycles. The Morgan fingerprint density at radius 2 is 1.93 bits per heavy atom. The van der Waals surface area contributed by atoms with E-state index < -0.39 is 11.7 Å². The van der Waals surface area contributed by atoms with Gasteiger partial charge in [0.1, 0.15) is 6.61 Å². The van der Waals surface area contributed by atoms with E-state index in [0.29, 0.717) is 22.7 Å². The summed E-state index contributed by atoms with van der Waals surface area (Å²) in [7, 11) is 3.22. The standard InChI is InChI=1S/C17H16ClF3N2O.C2H6N2O/c1-11(12-5-3-6-13(9-12)17(19,20)21)23-24-10-14-15(18)7-4-8-16(14)22-2;1-4(3)2-5/h3-9,22H,10H2,1-2H3;2H,3H2,1H3. The summed E-state index contributed by atoms with van der Waals surface area (Å²) in [6, 6.07) is 10.3. The summed E-state index contributed by atoms with van der Waals surface area (Å²) >= 11 is 6.12. The molecule has 0 saturated carbocycles. The van der Waals surface area contributed by atoms with Crippen LogP contribution in [0.15, 0.2) is 47.6 Å². The zero-order chi connectivity index (χ0) is 22.0. The van der Waals surface area contributed by atoms with Crippen molar-refractivity contribution in [3.63, 3.8) is 0 Å². The van der Waals surface area contributed by atoms with Gasteiger partial charge in [-0.25, -0.2) is 5.84 Å². The molecule has 0 saturated heterocycles. The van der Waals surface area contributed by atoms with E-state index in [4.69, 9.17) is 22.3 Å². The number of oxime groups is 1. The largest absolute Gasteiger partial charge is 0.416 e. The van der Waals surface area contributed by atoms with Gasteiger partial charge in [-0.15, -0.1) is 0 Å². The molecule has 2 rings (SSSR count). The maximum Gasteiger partial charge on any atom is 0.416 e. The van der Waals surface area contributed by atoms with Crippen LogP contribution in [0.1, 0.15) is 23.6 Å². The number of hydrogen-bond acceptors (Lipinski definition) is 5. The lowest BCUT2D eigenvalue weighted by atomic mass is 10.1. The molecule has 0 radical (unpaired) electrons. The molecule has 0 aromatic heterocycles. The highest BCUT2D eigenvalue weighted by atomic mass is 35.5. The molecule has 0 spiro atoms. The number of amides is 1. The smallest absolute Gasteiger partial charge is 0.391 e. The van der Waals surface area contributed by atoms with E-state index in [9.17, 15) is 18.0 Å². The van der Waals surface area contributed by atoms with E-state index in [2.05, 4.69) is 10.5 Å². The highest BCUT2D eigenvalue weighted by molar-refractivity contribution is 6.31. The Bertz CT molecular complexity index is 842. The van der Waals surface area contributed by atoms with Crippen LogP contribution >= 0.6 is 11.6 Å². The van der Waals surface area contributed by atoms with E-state index in [1.165, 1.54) is 13.1 Å². The molecule has 10 heteroatoms. The first-order valence-corrected chi connectivity index (χ1v) is 8.70. The Labute approximate surface area is 172 Å². The van der Waals surface area contributed by atoms with Crippen LogP contribution in [0.4, 0.5) is 18.9 Å². The van der Waals surface area contributed by atoms with Crippen molar-refractivity contribution in [3.8, 4) is 0 Å². The minimum Gasteiger partial charge on any atom is -0.391 e. The first kappa shape index (κ1) is 24.3. The fourth-order valence-electron chi connectivity index (χ4n) is 2.11. The Morgan fingerprint density at radius 3 is 2.48 bits per heavy atom. The summed E-state index contributed by atoms with van der Waals surface area (Å²) in [6.07, 6.45) is -3.86. The van der Waals surface area contributed by atoms with Crippen molar-refractivity contribution in [1.29, 1.82) is 0 Å². The third-order valence-corrected chi connectivity index (χ3v) is 3.93. The molecule has 1 amide bonds. The van der Waals surface area contributed by atoms with Crippen LogP contribution in [0.25, 0.3) is 0 Å². The summed E-state index contributed by atoms with van der Waals surface area (Å²) in [4.78, 5) is 14.6. The maximum absolute atomic E-state index is 12.7. The van der Waals surface area contributed by atoms with Crippen molar-refractivity contribution in [3.05, 3.63) is 64.2 Å². The minimum absolute atomic E-state index is 0.103. The number of anilines is 1. The molecule has 0 unspecified atom stereocenters. The first-order chi connectivity index (χ1) is 13.6. The topological polar surface area (TPSA) is 80.0 Å². The second-order valence-corrected chi connectivity index (χ2v) is 6.22. The fraction of sp³-hybridized carbons (Fsp3) is 0.263. The summed E-state index contributed by atoms with van der Waals surface area (Å²) < 4.78 is 38.2. The van der Waals surface area contributed by atoms with Gasteiger partial charge in [-0.1, -0.05) is 35.0 Å². The van der Waals surface area contributed by atoms with Crippen LogP contribution in [0.3, 0.4) is 0 Å². The molecule has 0 bridgehead atoms. The lowest BCUT2D eigenvalue weighted by molar-refractivity contribution is -0.137. The van der Waals surface area contributed by atoms with Crippen LogP contribution in [-0.4, -0.2) is 31.2 Å². The molecule has 0 aliphatic carbocycles. The second kappa shape index (κ2) is 11.3. The van der Waals surface area contributed by atoms with Crippen LogP contribution in [0.2, 0.25) is 5.02 Å².